The molecule has 0 unspecified atom stereocenters. The van der Waals surface area contributed by atoms with E-state index in [-0.39, 0.29) is 10.1 Å². The van der Waals surface area contributed by atoms with Gasteiger partial charge in [0.15, 0.2) is 0 Å². The second-order valence-electron chi connectivity index (χ2n) is 7.43. The quantitative estimate of drug-likeness (QED) is 0.356. The van der Waals surface area contributed by atoms with Crippen LogP contribution in [-0.2, 0) is 16.6 Å². The minimum atomic E-state index is -3.63. The number of amides is 1. The fourth-order valence-electron chi connectivity index (χ4n) is 3.40. The van der Waals surface area contributed by atoms with Crippen LogP contribution in [0.5, 0.6) is 0 Å². The Morgan fingerprint density at radius 2 is 1.76 bits per heavy atom. The second kappa shape index (κ2) is 9.08. The number of nitrogens with one attached hydrogen (secondary N) is 2. The molecule has 2 N–H and O–H groups in total. The van der Waals surface area contributed by atoms with Crippen molar-refractivity contribution in [3.63, 3.8) is 0 Å². The van der Waals surface area contributed by atoms with Gasteiger partial charge in [0.1, 0.15) is 16.4 Å². The van der Waals surface area contributed by atoms with Crippen molar-refractivity contribution in [3.05, 3.63) is 102 Å². The van der Waals surface area contributed by atoms with Crippen molar-refractivity contribution >= 4 is 44.0 Å². The first-order valence-corrected chi connectivity index (χ1v) is 12.7. The molecule has 3 heterocycles. The number of fused-ring (bicyclic) bond motifs is 1. The summed E-state index contributed by atoms with van der Waals surface area (Å²) in [5.74, 6) is 0.474. The van der Waals surface area contributed by atoms with E-state index >= 15 is 0 Å². The molecule has 0 atom stereocenters. The van der Waals surface area contributed by atoms with Gasteiger partial charge in [-0.1, -0.05) is 24.3 Å². The van der Waals surface area contributed by atoms with E-state index in [1.807, 2.05) is 41.0 Å². The summed E-state index contributed by atoms with van der Waals surface area (Å²) in [5.41, 5.74) is 3.52. The number of para-hydroxylation sites is 2. The first-order chi connectivity index (χ1) is 16.5. The van der Waals surface area contributed by atoms with E-state index < -0.39 is 10.0 Å². The normalized spacial score (nSPS) is 11.4. The van der Waals surface area contributed by atoms with Gasteiger partial charge in [-0.3, -0.25) is 14.1 Å². The maximum Gasteiger partial charge on any atom is 0.271 e. The number of nitrogens with zero attached hydrogens (tertiary/aromatic N) is 3. The van der Waals surface area contributed by atoms with Gasteiger partial charge in [0.25, 0.3) is 15.9 Å². The summed E-state index contributed by atoms with van der Waals surface area (Å²) in [6.07, 6.45) is 3.45. The molecule has 2 aromatic carbocycles. The minimum absolute atomic E-state index is 0.232. The Bertz CT molecular complexity index is 1540. The molecule has 10 heteroatoms. The van der Waals surface area contributed by atoms with Crippen LogP contribution in [0.1, 0.15) is 15.9 Å². The third kappa shape index (κ3) is 4.54. The van der Waals surface area contributed by atoms with Gasteiger partial charge in [-0.05, 0) is 59.5 Å². The van der Waals surface area contributed by atoms with Gasteiger partial charge < -0.3 is 5.32 Å². The number of aromatic nitrogens is 3. The topological polar surface area (TPSA) is 106 Å². The van der Waals surface area contributed by atoms with Gasteiger partial charge in [0.2, 0.25) is 0 Å². The van der Waals surface area contributed by atoms with Gasteiger partial charge in [0, 0.05) is 24.0 Å². The lowest BCUT2D eigenvalue weighted by Gasteiger charge is -2.09. The summed E-state index contributed by atoms with van der Waals surface area (Å²) in [6.45, 7) is 0.309. The molecule has 0 radical (unpaired) electrons. The first-order valence-electron chi connectivity index (χ1n) is 10.3. The molecule has 0 aliphatic rings. The van der Waals surface area contributed by atoms with E-state index in [1.54, 1.807) is 48.2 Å². The number of carbonyl (C=O) groups is 1. The van der Waals surface area contributed by atoms with Crippen molar-refractivity contribution in [1.82, 2.24) is 19.9 Å². The first kappa shape index (κ1) is 21.8. The minimum Gasteiger partial charge on any atom is -0.348 e. The summed E-state index contributed by atoms with van der Waals surface area (Å²) in [5, 5.41) is 4.55. The van der Waals surface area contributed by atoms with Gasteiger partial charge >= 0.3 is 0 Å². The van der Waals surface area contributed by atoms with E-state index in [4.69, 9.17) is 0 Å². The Hall–Kier alpha value is -4.02. The second-order valence-corrected chi connectivity index (χ2v) is 10.3. The molecule has 170 valence electrons. The zero-order valence-electron chi connectivity index (χ0n) is 17.8. The van der Waals surface area contributed by atoms with Crippen molar-refractivity contribution in [1.29, 1.82) is 0 Å². The summed E-state index contributed by atoms with van der Waals surface area (Å²) in [6, 6.07) is 21.1. The molecule has 0 aliphatic heterocycles. The summed E-state index contributed by atoms with van der Waals surface area (Å²) in [4.78, 5) is 21.4. The number of pyridine rings is 1. The maximum atomic E-state index is 12.5. The number of rotatable bonds is 7. The maximum absolute atomic E-state index is 12.5. The molecule has 0 fully saturated rings. The van der Waals surface area contributed by atoms with Crippen LogP contribution >= 0.6 is 11.3 Å². The van der Waals surface area contributed by atoms with Crippen LogP contribution < -0.4 is 10.0 Å². The Morgan fingerprint density at radius 3 is 2.50 bits per heavy atom. The van der Waals surface area contributed by atoms with E-state index in [1.165, 1.54) is 6.07 Å². The van der Waals surface area contributed by atoms with Crippen LogP contribution in [0, 0.1) is 0 Å². The third-order valence-electron chi connectivity index (χ3n) is 5.12. The molecule has 1 amide bonds. The number of anilines is 1. The number of benzene rings is 2. The van der Waals surface area contributed by atoms with E-state index in [2.05, 4.69) is 20.0 Å². The Balaban J connectivity index is 1.20. The van der Waals surface area contributed by atoms with E-state index in [0.717, 1.165) is 33.8 Å². The number of carbonyl (C=O) groups excluding carboxylic acids is 1. The van der Waals surface area contributed by atoms with Crippen molar-refractivity contribution < 1.29 is 13.2 Å². The van der Waals surface area contributed by atoms with Crippen LogP contribution in [0.15, 0.2) is 94.9 Å². The predicted octanol–water partition coefficient (Wildman–Crippen LogP) is 4.21. The largest absolute Gasteiger partial charge is 0.348 e. The Morgan fingerprint density at radius 1 is 0.941 bits per heavy atom. The van der Waals surface area contributed by atoms with Crippen molar-refractivity contribution in [2.45, 2.75) is 10.8 Å². The highest BCUT2D eigenvalue weighted by atomic mass is 32.2. The average molecular weight is 490 g/mol. The molecule has 34 heavy (non-hydrogen) atoms. The SMILES string of the molecule is O=C(NCc1ccc(-n2cnc3ccccc32)nc1)c1ccc(NS(=O)(=O)c2cccs2)cc1. The zero-order chi connectivity index (χ0) is 23.5. The summed E-state index contributed by atoms with van der Waals surface area (Å²) >= 11 is 1.14. The van der Waals surface area contributed by atoms with Crippen LogP contribution in [-0.4, -0.2) is 28.9 Å². The number of hydrogen-bond donors (Lipinski definition) is 2. The van der Waals surface area contributed by atoms with Crippen LogP contribution in [0.25, 0.3) is 16.9 Å². The number of sulfonamides is 1. The van der Waals surface area contributed by atoms with Gasteiger partial charge in [0.05, 0.1) is 11.0 Å². The molecule has 0 saturated carbocycles. The molecule has 5 rings (SSSR count). The summed E-state index contributed by atoms with van der Waals surface area (Å²) < 4.78 is 29.3. The van der Waals surface area contributed by atoms with Crippen molar-refractivity contribution in [2.24, 2.45) is 0 Å². The smallest absolute Gasteiger partial charge is 0.271 e. The molecule has 0 spiro atoms. The highest BCUT2D eigenvalue weighted by Crippen LogP contribution is 2.21. The Labute approximate surface area is 200 Å². The van der Waals surface area contributed by atoms with E-state index in [0.29, 0.717) is 17.8 Å². The average Bonchev–Trinajstić information content (AvgIpc) is 3.54. The standard InChI is InChI=1S/C24H19N5O3S2/c30-24(18-8-10-19(11-9-18)28-34(31,32)23-6-3-13-33-23)26-15-17-7-12-22(25-14-17)29-16-27-20-4-1-2-5-21(20)29/h1-14,16,28H,15H2,(H,26,30). The molecule has 5 aromatic rings. The highest BCUT2D eigenvalue weighted by Gasteiger charge is 2.15. The highest BCUT2D eigenvalue weighted by molar-refractivity contribution is 7.94. The number of hydrogen-bond acceptors (Lipinski definition) is 6. The lowest BCUT2D eigenvalue weighted by atomic mass is 10.2. The van der Waals surface area contributed by atoms with E-state index in [9.17, 15) is 13.2 Å². The molecule has 0 bridgehead atoms. The van der Waals surface area contributed by atoms with Gasteiger partial charge in [-0.15, -0.1) is 11.3 Å². The molecular formula is C24H19N5O3S2. The fraction of sp³-hybridized carbons (Fsp3) is 0.0417. The Kier molecular flexibility index (Phi) is 5.83. The molecule has 0 aliphatic carbocycles. The van der Waals surface area contributed by atoms with Crippen LogP contribution in [0.2, 0.25) is 0 Å². The predicted molar refractivity (Wildman–Crippen MR) is 132 cm³/mol. The lowest BCUT2D eigenvalue weighted by molar-refractivity contribution is 0.0951. The van der Waals surface area contributed by atoms with Crippen molar-refractivity contribution in [3.8, 4) is 5.82 Å². The van der Waals surface area contributed by atoms with Gasteiger partial charge in [-0.25, -0.2) is 18.4 Å². The van der Waals surface area contributed by atoms with Crippen LogP contribution in [0.4, 0.5) is 5.69 Å². The van der Waals surface area contributed by atoms with Crippen molar-refractivity contribution in [2.75, 3.05) is 4.72 Å². The monoisotopic (exact) mass is 489 g/mol. The number of thiophene rings is 1. The zero-order valence-corrected chi connectivity index (χ0v) is 19.4. The molecule has 8 nitrogen and oxygen atoms in total. The number of imidazole rings is 1. The lowest BCUT2D eigenvalue weighted by Crippen LogP contribution is -2.23. The summed E-state index contributed by atoms with van der Waals surface area (Å²) in [7, 11) is -3.63. The third-order valence-corrected chi connectivity index (χ3v) is 7.90. The molecule has 0 saturated heterocycles. The van der Waals surface area contributed by atoms with Crippen LogP contribution in [0.3, 0.4) is 0 Å². The molecular weight excluding hydrogens is 470 g/mol. The molecule has 3 aromatic heterocycles. The van der Waals surface area contributed by atoms with Gasteiger partial charge in [-0.2, -0.15) is 0 Å². The fourth-order valence-corrected chi connectivity index (χ4v) is 5.45.